The lowest BCUT2D eigenvalue weighted by Gasteiger charge is -2.39. The van der Waals surface area contributed by atoms with Crippen molar-refractivity contribution < 1.29 is 4.39 Å². The maximum atomic E-state index is 14.2. The number of guanidine groups is 1. The van der Waals surface area contributed by atoms with Gasteiger partial charge in [0.2, 0.25) is 0 Å². The predicted molar refractivity (Wildman–Crippen MR) is 84.1 cm³/mol. The van der Waals surface area contributed by atoms with Crippen LogP contribution in [0.3, 0.4) is 0 Å². The van der Waals surface area contributed by atoms with E-state index in [0.29, 0.717) is 18.2 Å². The zero-order valence-electron chi connectivity index (χ0n) is 12.6. The summed E-state index contributed by atoms with van der Waals surface area (Å²) >= 11 is 0. The standard InChI is InChI=1S/C16H23FN4/c1-2-20-10-5-8-16(9-11-20)12-19-15(18)21(16)14-7-4-3-6-13(14)17/h3-4,6-7H,2,5,8-12H2,1H3,(H2,18,19). The quantitative estimate of drug-likeness (QED) is 0.908. The third-order valence-corrected chi connectivity index (χ3v) is 4.79. The van der Waals surface area contributed by atoms with E-state index in [-0.39, 0.29) is 11.4 Å². The van der Waals surface area contributed by atoms with Crippen LogP contribution in [0.1, 0.15) is 26.2 Å². The number of anilines is 1. The van der Waals surface area contributed by atoms with Crippen LogP contribution in [0.5, 0.6) is 0 Å². The van der Waals surface area contributed by atoms with E-state index in [0.717, 1.165) is 38.9 Å². The van der Waals surface area contributed by atoms with Crippen molar-refractivity contribution in [2.24, 2.45) is 10.7 Å². The van der Waals surface area contributed by atoms with Gasteiger partial charge < -0.3 is 15.5 Å². The Morgan fingerprint density at radius 3 is 2.86 bits per heavy atom. The first-order valence-electron chi connectivity index (χ1n) is 7.73. The number of benzene rings is 1. The van der Waals surface area contributed by atoms with Crippen molar-refractivity contribution in [3.05, 3.63) is 30.1 Å². The van der Waals surface area contributed by atoms with Crippen molar-refractivity contribution in [1.82, 2.24) is 4.90 Å². The lowest BCUT2D eigenvalue weighted by Crippen LogP contribution is -2.52. The highest BCUT2D eigenvalue weighted by Crippen LogP contribution is 2.37. The summed E-state index contributed by atoms with van der Waals surface area (Å²) in [5, 5.41) is 0. The summed E-state index contributed by atoms with van der Waals surface area (Å²) in [6, 6.07) is 6.85. The number of rotatable bonds is 2. The predicted octanol–water partition coefficient (Wildman–Crippen LogP) is 2.21. The molecular formula is C16H23FN4. The smallest absolute Gasteiger partial charge is 0.196 e. The summed E-state index contributed by atoms with van der Waals surface area (Å²) in [7, 11) is 0. The Balaban J connectivity index is 1.93. The fraction of sp³-hybridized carbons (Fsp3) is 0.562. The molecule has 0 radical (unpaired) electrons. The minimum atomic E-state index is -0.228. The summed E-state index contributed by atoms with van der Waals surface area (Å²) in [6.07, 6.45) is 3.07. The topological polar surface area (TPSA) is 44.9 Å². The minimum Gasteiger partial charge on any atom is -0.369 e. The summed E-state index contributed by atoms with van der Waals surface area (Å²) in [4.78, 5) is 8.83. The van der Waals surface area contributed by atoms with Gasteiger partial charge in [-0.05, 0) is 44.5 Å². The Kier molecular flexibility index (Phi) is 3.85. The molecule has 114 valence electrons. The fourth-order valence-electron chi connectivity index (χ4n) is 3.56. The van der Waals surface area contributed by atoms with Crippen LogP contribution in [-0.4, -0.2) is 42.6 Å². The monoisotopic (exact) mass is 290 g/mol. The molecule has 5 heteroatoms. The van der Waals surface area contributed by atoms with Crippen molar-refractivity contribution in [1.29, 1.82) is 0 Å². The molecule has 1 aromatic rings. The third-order valence-electron chi connectivity index (χ3n) is 4.79. The molecule has 2 aliphatic heterocycles. The number of nitrogens with zero attached hydrogens (tertiary/aromatic N) is 3. The number of halogens is 1. The van der Waals surface area contributed by atoms with Gasteiger partial charge in [0.05, 0.1) is 17.8 Å². The molecule has 3 rings (SSSR count). The van der Waals surface area contributed by atoms with Gasteiger partial charge in [-0.2, -0.15) is 0 Å². The number of para-hydroxylation sites is 1. The van der Waals surface area contributed by atoms with E-state index in [4.69, 9.17) is 5.73 Å². The van der Waals surface area contributed by atoms with Gasteiger partial charge in [-0.25, -0.2) is 4.39 Å². The zero-order chi connectivity index (χ0) is 14.9. The highest BCUT2D eigenvalue weighted by atomic mass is 19.1. The van der Waals surface area contributed by atoms with Crippen molar-refractivity contribution in [2.45, 2.75) is 31.7 Å². The molecule has 2 aliphatic rings. The number of nitrogens with two attached hydrogens (primary N) is 1. The van der Waals surface area contributed by atoms with Crippen molar-refractivity contribution in [3.63, 3.8) is 0 Å². The second kappa shape index (κ2) is 5.64. The number of hydrogen-bond acceptors (Lipinski definition) is 4. The van der Waals surface area contributed by atoms with Crippen molar-refractivity contribution in [2.75, 3.05) is 31.1 Å². The molecule has 1 spiro atoms. The van der Waals surface area contributed by atoms with Crippen LogP contribution in [0.25, 0.3) is 0 Å². The first kappa shape index (κ1) is 14.3. The zero-order valence-corrected chi connectivity index (χ0v) is 12.6. The lowest BCUT2D eigenvalue weighted by molar-refractivity contribution is 0.291. The molecule has 4 nitrogen and oxygen atoms in total. The SMILES string of the molecule is CCN1CCCC2(CC1)CN=C(N)N2c1ccccc1F. The van der Waals surface area contributed by atoms with Crippen molar-refractivity contribution >= 4 is 11.6 Å². The summed E-state index contributed by atoms with van der Waals surface area (Å²) in [6.45, 7) is 6.04. The van der Waals surface area contributed by atoms with Crippen LogP contribution < -0.4 is 10.6 Å². The van der Waals surface area contributed by atoms with E-state index >= 15 is 0 Å². The summed E-state index contributed by atoms with van der Waals surface area (Å²) in [5.74, 6) is 0.221. The average molecular weight is 290 g/mol. The molecule has 1 unspecified atom stereocenters. The van der Waals surface area contributed by atoms with Crippen LogP contribution in [0, 0.1) is 5.82 Å². The lowest BCUT2D eigenvalue weighted by atomic mass is 9.89. The van der Waals surface area contributed by atoms with E-state index in [1.165, 1.54) is 6.07 Å². The van der Waals surface area contributed by atoms with Gasteiger partial charge in [0, 0.05) is 6.54 Å². The Labute approximate surface area is 125 Å². The van der Waals surface area contributed by atoms with Crippen molar-refractivity contribution in [3.8, 4) is 0 Å². The van der Waals surface area contributed by atoms with Crippen LogP contribution >= 0.6 is 0 Å². The maximum Gasteiger partial charge on any atom is 0.196 e. The second-order valence-electron chi connectivity index (χ2n) is 5.97. The molecule has 2 N–H and O–H groups in total. The molecule has 1 saturated heterocycles. The first-order valence-corrected chi connectivity index (χ1v) is 7.73. The molecule has 0 aliphatic carbocycles. The Morgan fingerprint density at radius 2 is 2.10 bits per heavy atom. The molecule has 1 atom stereocenters. The maximum absolute atomic E-state index is 14.2. The Morgan fingerprint density at radius 1 is 1.29 bits per heavy atom. The Bertz CT molecular complexity index is 545. The molecule has 1 aromatic carbocycles. The second-order valence-corrected chi connectivity index (χ2v) is 5.97. The van der Waals surface area contributed by atoms with Crippen LogP contribution in [0.15, 0.2) is 29.3 Å². The van der Waals surface area contributed by atoms with Gasteiger partial charge in [0.1, 0.15) is 5.82 Å². The van der Waals surface area contributed by atoms with E-state index in [1.54, 1.807) is 12.1 Å². The molecule has 21 heavy (non-hydrogen) atoms. The van der Waals surface area contributed by atoms with Gasteiger partial charge in [-0.15, -0.1) is 0 Å². The third kappa shape index (κ3) is 2.50. The number of aliphatic imine (C=N–C) groups is 1. The molecule has 0 amide bonds. The molecule has 1 fully saturated rings. The Hall–Kier alpha value is -1.62. The van der Waals surface area contributed by atoms with E-state index in [1.807, 2.05) is 11.0 Å². The van der Waals surface area contributed by atoms with Crippen LogP contribution in [0.2, 0.25) is 0 Å². The molecule has 0 saturated carbocycles. The average Bonchev–Trinajstić information content (AvgIpc) is 2.68. The first-order chi connectivity index (χ1) is 10.2. The molecular weight excluding hydrogens is 267 g/mol. The minimum absolute atomic E-state index is 0.157. The highest BCUT2D eigenvalue weighted by molar-refractivity contribution is 5.98. The van der Waals surface area contributed by atoms with Crippen LogP contribution in [-0.2, 0) is 0 Å². The van der Waals surface area contributed by atoms with Gasteiger partial charge in [0.25, 0.3) is 0 Å². The van der Waals surface area contributed by atoms with E-state index in [9.17, 15) is 4.39 Å². The largest absolute Gasteiger partial charge is 0.369 e. The van der Waals surface area contributed by atoms with Crippen LogP contribution in [0.4, 0.5) is 10.1 Å². The number of likely N-dealkylation sites (tertiary alicyclic amines) is 1. The summed E-state index contributed by atoms with van der Waals surface area (Å²) < 4.78 is 14.2. The van der Waals surface area contributed by atoms with E-state index < -0.39 is 0 Å². The highest BCUT2D eigenvalue weighted by Gasteiger charge is 2.44. The number of hydrogen-bond donors (Lipinski definition) is 1. The summed E-state index contributed by atoms with van der Waals surface area (Å²) in [5.41, 5.74) is 6.50. The van der Waals surface area contributed by atoms with Gasteiger partial charge in [-0.1, -0.05) is 19.1 Å². The fourth-order valence-corrected chi connectivity index (χ4v) is 3.56. The normalized spacial score (nSPS) is 27.0. The molecule has 2 heterocycles. The van der Waals surface area contributed by atoms with Gasteiger partial charge in [0.15, 0.2) is 5.96 Å². The molecule has 0 aromatic heterocycles. The van der Waals surface area contributed by atoms with Gasteiger partial charge >= 0.3 is 0 Å². The molecule has 0 bridgehead atoms. The van der Waals surface area contributed by atoms with E-state index in [2.05, 4.69) is 16.8 Å². The van der Waals surface area contributed by atoms with Gasteiger partial charge in [-0.3, -0.25) is 4.99 Å².